The standard InChI is InChI=1S/C14H22N2O2S/c1-10-3-5-12(6-4-10)8-16-11(2)7-15-14(16)19-9-13(17)18/h7,10,12H,3-6,8-9H2,1-2H3,(H,17,18). The minimum Gasteiger partial charge on any atom is -0.481 e. The summed E-state index contributed by atoms with van der Waals surface area (Å²) in [5.41, 5.74) is 1.13. The Morgan fingerprint density at radius 3 is 2.79 bits per heavy atom. The van der Waals surface area contributed by atoms with Crippen LogP contribution >= 0.6 is 11.8 Å². The highest BCUT2D eigenvalue weighted by atomic mass is 32.2. The third kappa shape index (κ3) is 4.00. The molecule has 1 aromatic heterocycles. The van der Waals surface area contributed by atoms with Crippen LogP contribution < -0.4 is 0 Å². The van der Waals surface area contributed by atoms with Gasteiger partial charge in [0.1, 0.15) is 0 Å². The van der Waals surface area contributed by atoms with Crippen molar-refractivity contribution in [1.29, 1.82) is 0 Å². The predicted octanol–water partition coefficient (Wildman–Crippen LogP) is 3.19. The largest absolute Gasteiger partial charge is 0.481 e. The zero-order chi connectivity index (χ0) is 13.8. The van der Waals surface area contributed by atoms with Crippen LogP contribution in [0.25, 0.3) is 0 Å². The van der Waals surface area contributed by atoms with Crippen molar-refractivity contribution in [2.45, 2.75) is 51.2 Å². The first kappa shape index (κ1) is 14.4. The van der Waals surface area contributed by atoms with Crippen LogP contribution in [-0.2, 0) is 11.3 Å². The van der Waals surface area contributed by atoms with E-state index in [-0.39, 0.29) is 5.75 Å². The van der Waals surface area contributed by atoms with Crippen LogP contribution in [0.15, 0.2) is 11.4 Å². The maximum absolute atomic E-state index is 10.7. The third-order valence-corrected chi connectivity index (χ3v) is 4.89. The van der Waals surface area contributed by atoms with Crippen LogP contribution in [-0.4, -0.2) is 26.4 Å². The molecule has 1 heterocycles. The Kier molecular flexibility index (Phi) is 4.91. The summed E-state index contributed by atoms with van der Waals surface area (Å²) >= 11 is 1.32. The number of imidazole rings is 1. The second-order valence-corrected chi connectivity index (χ2v) is 6.54. The Morgan fingerprint density at radius 1 is 1.47 bits per heavy atom. The first-order valence-electron chi connectivity index (χ1n) is 6.93. The van der Waals surface area contributed by atoms with Crippen molar-refractivity contribution in [3.05, 3.63) is 11.9 Å². The molecule has 0 unspecified atom stereocenters. The quantitative estimate of drug-likeness (QED) is 0.843. The van der Waals surface area contributed by atoms with Gasteiger partial charge in [-0.3, -0.25) is 4.79 Å². The smallest absolute Gasteiger partial charge is 0.313 e. The molecule has 1 N–H and O–H groups in total. The van der Waals surface area contributed by atoms with Crippen molar-refractivity contribution in [1.82, 2.24) is 9.55 Å². The lowest BCUT2D eigenvalue weighted by Gasteiger charge is -2.27. The molecule has 1 fully saturated rings. The van der Waals surface area contributed by atoms with Crippen molar-refractivity contribution < 1.29 is 9.90 Å². The molecule has 0 amide bonds. The van der Waals surface area contributed by atoms with Gasteiger partial charge in [0, 0.05) is 18.4 Å². The van der Waals surface area contributed by atoms with E-state index in [1.54, 1.807) is 0 Å². The van der Waals surface area contributed by atoms with E-state index in [2.05, 4.69) is 16.5 Å². The molecule has 0 atom stereocenters. The zero-order valence-corrected chi connectivity index (χ0v) is 12.4. The lowest BCUT2D eigenvalue weighted by molar-refractivity contribution is -0.133. The molecule has 0 aromatic carbocycles. The monoisotopic (exact) mass is 282 g/mol. The van der Waals surface area contributed by atoms with Gasteiger partial charge in [-0.1, -0.05) is 31.5 Å². The van der Waals surface area contributed by atoms with Gasteiger partial charge in [-0.2, -0.15) is 0 Å². The normalized spacial score (nSPS) is 23.5. The number of aryl methyl sites for hydroxylation is 1. The highest BCUT2D eigenvalue weighted by molar-refractivity contribution is 7.99. The Labute approximate surface area is 118 Å². The topological polar surface area (TPSA) is 55.1 Å². The number of carbonyl (C=O) groups is 1. The van der Waals surface area contributed by atoms with Gasteiger partial charge in [0.2, 0.25) is 0 Å². The van der Waals surface area contributed by atoms with Crippen LogP contribution in [0, 0.1) is 18.8 Å². The molecule has 4 nitrogen and oxygen atoms in total. The van der Waals surface area contributed by atoms with Crippen molar-refractivity contribution in [2.24, 2.45) is 11.8 Å². The number of hydrogen-bond donors (Lipinski definition) is 1. The zero-order valence-electron chi connectivity index (χ0n) is 11.6. The van der Waals surface area contributed by atoms with E-state index in [4.69, 9.17) is 5.11 Å². The van der Waals surface area contributed by atoms with Crippen LogP contribution in [0.5, 0.6) is 0 Å². The van der Waals surface area contributed by atoms with E-state index in [9.17, 15) is 4.79 Å². The molecular formula is C14H22N2O2S. The predicted molar refractivity (Wildman–Crippen MR) is 76.4 cm³/mol. The summed E-state index contributed by atoms with van der Waals surface area (Å²) in [7, 11) is 0. The van der Waals surface area contributed by atoms with Gasteiger partial charge >= 0.3 is 5.97 Å². The Balaban J connectivity index is 1.98. The van der Waals surface area contributed by atoms with E-state index >= 15 is 0 Å². The number of nitrogens with zero attached hydrogens (tertiary/aromatic N) is 2. The summed E-state index contributed by atoms with van der Waals surface area (Å²) in [4.78, 5) is 15.0. The van der Waals surface area contributed by atoms with E-state index in [1.807, 2.05) is 13.1 Å². The van der Waals surface area contributed by atoms with Crippen molar-refractivity contribution in [2.75, 3.05) is 5.75 Å². The first-order chi connectivity index (χ1) is 9.06. The second kappa shape index (κ2) is 6.46. The fraction of sp³-hybridized carbons (Fsp3) is 0.714. The van der Waals surface area contributed by atoms with Crippen LogP contribution in [0.3, 0.4) is 0 Å². The van der Waals surface area contributed by atoms with Gasteiger partial charge in [0.05, 0.1) is 5.75 Å². The molecule has 0 aliphatic heterocycles. The third-order valence-electron chi connectivity index (χ3n) is 3.92. The number of hydrogen-bond acceptors (Lipinski definition) is 3. The van der Waals surface area contributed by atoms with Gasteiger partial charge in [0.15, 0.2) is 5.16 Å². The number of rotatable bonds is 5. The minimum absolute atomic E-state index is 0.0815. The molecule has 0 spiro atoms. The molecular weight excluding hydrogens is 260 g/mol. The molecule has 5 heteroatoms. The van der Waals surface area contributed by atoms with Crippen LogP contribution in [0.4, 0.5) is 0 Å². The van der Waals surface area contributed by atoms with E-state index in [0.29, 0.717) is 5.92 Å². The molecule has 0 bridgehead atoms. The van der Waals surface area contributed by atoms with Crippen molar-refractivity contribution >= 4 is 17.7 Å². The molecule has 1 aliphatic rings. The Hall–Kier alpha value is -0.970. The summed E-state index contributed by atoms with van der Waals surface area (Å²) in [6.07, 6.45) is 7.03. The van der Waals surface area contributed by atoms with Crippen LogP contribution in [0.1, 0.15) is 38.3 Å². The molecule has 106 valence electrons. The summed E-state index contributed by atoms with van der Waals surface area (Å²) in [5.74, 6) is 0.871. The number of aromatic nitrogens is 2. The Bertz CT molecular complexity index is 437. The lowest BCUT2D eigenvalue weighted by Crippen LogP contribution is -2.19. The van der Waals surface area contributed by atoms with Gasteiger partial charge in [-0.05, 0) is 31.6 Å². The van der Waals surface area contributed by atoms with Crippen LogP contribution in [0.2, 0.25) is 0 Å². The van der Waals surface area contributed by atoms with E-state index < -0.39 is 5.97 Å². The van der Waals surface area contributed by atoms with Crippen molar-refractivity contribution in [3.63, 3.8) is 0 Å². The highest BCUT2D eigenvalue weighted by Gasteiger charge is 2.20. The summed E-state index contributed by atoms with van der Waals surface area (Å²) in [5, 5.41) is 9.61. The Morgan fingerprint density at radius 2 is 2.16 bits per heavy atom. The summed E-state index contributed by atoms with van der Waals surface area (Å²) in [6.45, 7) is 5.36. The molecule has 1 saturated carbocycles. The maximum Gasteiger partial charge on any atom is 0.313 e. The van der Waals surface area contributed by atoms with Gasteiger partial charge < -0.3 is 9.67 Å². The maximum atomic E-state index is 10.7. The summed E-state index contributed by atoms with van der Waals surface area (Å²) in [6, 6.07) is 0. The van der Waals surface area contributed by atoms with Gasteiger partial charge in [-0.15, -0.1) is 0 Å². The molecule has 0 radical (unpaired) electrons. The average molecular weight is 282 g/mol. The van der Waals surface area contributed by atoms with E-state index in [1.165, 1.54) is 37.4 Å². The molecule has 1 aromatic rings. The average Bonchev–Trinajstić information content (AvgIpc) is 2.71. The van der Waals surface area contributed by atoms with Gasteiger partial charge in [-0.25, -0.2) is 4.98 Å². The molecule has 19 heavy (non-hydrogen) atoms. The molecule has 2 rings (SSSR count). The number of aliphatic carboxylic acids is 1. The second-order valence-electron chi connectivity index (χ2n) is 5.60. The SMILES string of the molecule is Cc1cnc(SCC(=O)O)n1CC1CCC(C)CC1. The van der Waals surface area contributed by atoms with Gasteiger partial charge in [0.25, 0.3) is 0 Å². The first-order valence-corrected chi connectivity index (χ1v) is 7.91. The fourth-order valence-electron chi connectivity index (χ4n) is 2.67. The number of carboxylic acids is 1. The minimum atomic E-state index is -0.788. The molecule has 1 aliphatic carbocycles. The van der Waals surface area contributed by atoms with E-state index in [0.717, 1.165) is 23.3 Å². The molecule has 0 saturated heterocycles. The van der Waals surface area contributed by atoms with Crippen molar-refractivity contribution in [3.8, 4) is 0 Å². The number of thioether (sulfide) groups is 1. The fourth-order valence-corrected chi connectivity index (χ4v) is 3.43. The lowest BCUT2D eigenvalue weighted by atomic mass is 9.83. The summed E-state index contributed by atoms with van der Waals surface area (Å²) < 4.78 is 2.19. The number of carboxylic acid groups (broad SMARTS) is 1. The highest BCUT2D eigenvalue weighted by Crippen LogP contribution is 2.31.